The number of alkyl carbamates (subject to hydrolysis) is 1. The number of amides is 2. The first-order valence-corrected chi connectivity index (χ1v) is 12.8. The van der Waals surface area contributed by atoms with Crippen molar-refractivity contribution in [3.63, 3.8) is 0 Å². The van der Waals surface area contributed by atoms with Crippen molar-refractivity contribution in [1.82, 2.24) is 10.2 Å². The van der Waals surface area contributed by atoms with Gasteiger partial charge >= 0.3 is 12.1 Å². The van der Waals surface area contributed by atoms with Crippen LogP contribution in [-0.4, -0.2) is 52.8 Å². The van der Waals surface area contributed by atoms with Crippen LogP contribution >= 0.6 is 0 Å². The fraction of sp³-hybridized carbons (Fsp3) is 0.483. The zero-order chi connectivity index (χ0) is 27.2. The Labute approximate surface area is 219 Å². The first kappa shape index (κ1) is 28.0. The molecule has 8 heteroatoms. The molecule has 8 nitrogen and oxygen atoms in total. The number of nitrogens with one attached hydrogen (secondary N) is 1. The van der Waals surface area contributed by atoms with E-state index in [1.54, 1.807) is 19.9 Å². The molecule has 200 valence electrons. The van der Waals surface area contributed by atoms with Crippen LogP contribution in [0.4, 0.5) is 4.79 Å². The van der Waals surface area contributed by atoms with E-state index in [2.05, 4.69) is 17.4 Å². The van der Waals surface area contributed by atoms with Crippen molar-refractivity contribution in [2.45, 2.75) is 78.0 Å². The highest BCUT2D eigenvalue weighted by atomic mass is 16.6. The Morgan fingerprint density at radius 3 is 2.38 bits per heavy atom. The van der Waals surface area contributed by atoms with Gasteiger partial charge < -0.3 is 24.8 Å². The van der Waals surface area contributed by atoms with E-state index in [-0.39, 0.29) is 29.7 Å². The number of benzene rings is 2. The summed E-state index contributed by atoms with van der Waals surface area (Å²) in [6.45, 7) is 10.7. The molecule has 1 heterocycles. The van der Waals surface area contributed by atoms with Crippen molar-refractivity contribution in [3.05, 3.63) is 64.7 Å². The summed E-state index contributed by atoms with van der Waals surface area (Å²) in [6.07, 6.45) is 1.12. The third kappa shape index (κ3) is 8.51. The summed E-state index contributed by atoms with van der Waals surface area (Å²) in [7, 11) is 0. The number of hydrogen-bond donors (Lipinski definition) is 2. The van der Waals surface area contributed by atoms with Crippen LogP contribution in [0.1, 0.15) is 80.4 Å². The molecule has 0 bridgehead atoms. The van der Waals surface area contributed by atoms with Gasteiger partial charge in [0, 0.05) is 19.6 Å². The lowest BCUT2D eigenvalue weighted by atomic mass is 9.88. The number of carbonyl (C=O) groups excluding carboxylic acids is 3. The second kappa shape index (κ2) is 12.1. The van der Waals surface area contributed by atoms with Crippen LogP contribution in [0.5, 0.6) is 5.75 Å². The van der Waals surface area contributed by atoms with Gasteiger partial charge in [0.05, 0.1) is 12.5 Å². The molecule has 1 saturated heterocycles. The fourth-order valence-corrected chi connectivity index (χ4v) is 4.33. The predicted octanol–water partition coefficient (Wildman–Crippen LogP) is 4.93. The van der Waals surface area contributed by atoms with Crippen molar-refractivity contribution in [2.24, 2.45) is 0 Å². The average Bonchev–Trinajstić information content (AvgIpc) is 2.81. The normalized spacial score (nSPS) is 14.4. The van der Waals surface area contributed by atoms with Gasteiger partial charge in [0.15, 0.2) is 0 Å². The largest absolute Gasteiger partial charge is 0.507 e. The van der Waals surface area contributed by atoms with Crippen LogP contribution in [-0.2, 0) is 27.2 Å². The number of phenols is 1. The summed E-state index contributed by atoms with van der Waals surface area (Å²) in [5.74, 6) is -0.445. The molecule has 1 fully saturated rings. The third-order valence-corrected chi connectivity index (χ3v) is 6.09. The van der Waals surface area contributed by atoms with Crippen LogP contribution < -0.4 is 5.32 Å². The molecule has 3 rings (SSSR count). The summed E-state index contributed by atoms with van der Waals surface area (Å²) in [5.41, 5.74) is 2.40. The zero-order valence-corrected chi connectivity index (χ0v) is 22.4. The molecule has 1 aliphatic rings. The number of piperidine rings is 1. The highest BCUT2D eigenvalue weighted by Gasteiger charge is 2.25. The van der Waals surface area contributed by atoms with Crippen molar-refractivity contribution in [2.75, 3.05) is 13.1 Å². The van der Waals surface area contributed by atoms with Crippen molar-refractivity contribution in [1.29, 1.82) is 0 Å². The fourth-order valence-electron chi connectivity index (χ4n) is 4.33. The number of phenolic OH excluding ortho intramolecular Hbond substituents is 1. The van der Waals surface area contributed by atoms with E-state index in [4.69, 9.17) is 9.47 Å². The lowest BCUT2D eigenvalue weighted by Gasteiger charge is -2.32. The Morgan fingerprint density at radius 2 is 1.76 bits per heavy atom. The molecular weight excluding hydrogens is 472 g/mol. The summed E-state index contributed by atoms with van der Waals surface area (Å²) in [6, 6.07) is 12.8. The Kier molecular flexibility index (Phi) is 9.18. The van der Waals surface area contributed by atoms with E-state index >= 15 is 0 Å². The Bertz CT molecular complexity index is 1110. The summed E-state index contributed by atoms with van der Waals surface area (Å²) in [5, 5.41) is 13.0. The minimum Gasteiger partial charge on any atom is -0.507 e. The summed E-state index contributed by atoms with van der Waals surface area (Å²) < 4.78 is 10.4. The van der Waals surface area contributed by atoms with Crippen molar-refractivity contribution >= 4 is 18.0 Å². The van der Waals surface area contributed by atoms with E-state index in [1.807, 2.05) is 37.8 Å². The van der Waals surface area contributed by atoms with Gasteiger partial charge in [0.2, 0.25) is 5.91 Å². The minimum atomic E-state index is -0.586. The van der Waals surface area contributed by atoms with Crippen LogP contribution in [0.3, 0.4) is 0 Å². The van der Waals surface area contributed by atoms with Gasteiger partial charge in [-0.15, -0.1) is 0 Å². The maximum Gasteiger partial charge on any atom is 0.407 e. The second-order valence-electron chi connectivity index (χ2n) is 10.7. The molecule has 0 unspecified atom stereocenters. The topological polar surface area (TPSA) is 105 Å². The number of aromatic hydroxyl groups is 1. The van der Waals surface area contributed by atoms with Gasteiger partial charge in [-0.1, -0.05) is 30.3 Å². The average molecular weight is 511 g/mol. The minimum absolute atomic E-state index is 0.00864. The van der Waals surface area contributed by atoms with Gasteiger partial charge in [-0.05, 0) is 82.2 Å². The molecule has 2 aromatic carbocycles. The molecule has 0 spiro atoms. The molecule has 1 aliphatic heterocycles. The highest BCUT2D eigenvalue weighted by molar-refractivity contribution is 5.92. The van der Waals surface area contributed by atoms with Crippen LogP contribution in [0, 0.1) is 0 Å². The van der Waals surface area contributed by atoms with E-state index < -0.39 is 17.7 Å². The third-order valence-electron chi connectivity index (χ3n) is 6.09. The maximum atomic E-state index is 12.9. The highest BCUT2D eigenvalue weighted by Crippen LogP contribution is 2.29. The van der Waals surface area contributed by atoms with E-state index in [9.17, 15) is 19.5 Å². The second-order valence-corrected chi connectivity index (χ2v) is 10.7. The molecule has 2 aromatic rings. The SMILES string of the molecule is CC(C)OC(=O)c1ccc(CC(=O)N2CCC(c3cccc(CNC(=O)OC(C)(C)C)c3)CC2)cc1O. The first-order valence-electron chi connectivity index (χ1n) is 12.8. The van der Waals surface area contributed by atoms with Gasteiger partial charge in [0.25, 0.3) is 0 Å². The molecule has 0 radical (unpaired) electrons. The van der Waals surface area contributed by atoms with Crippen LogP contribution in [0.2, 0.25) is 0 Å². The smallest absolute Gasteiger partial charge is 0.407 e. The van der Waals surface area contributed by atoms with Gasteiger partial charge in [-0.3, -0.25) is 4.79 Å². The number of nitrogens with zero attached hydrogens (tertiary/aromatic N) is 1. The lowest BCUT2D eigenvalue weighted by molar-refractivity contribution is -0.131. The first-order chi connectivity index (χ1) is 17.4. The maximum absolute atomic E-state index is 12.9. The van der Waals surface area contributed by atoms with Crippen molar-refractivity contribution < 1.29 is 29.0 Å². The van der Waals surface area contributed by atoms with E-state index in [0.717, 1.165) is 18.4 Å². The van der Waals surface area contributed by atoms with Crippen LogP contribution in [0.15, 0.2) is 42.5 Å². The number of ether oxygens (including phenoxy) is 2. The molecule has 0 atom stereocenters. The number of esters is 1. The molecule has 0 saturated carbocycles. The molecular formula is C29H38N2O6. The van der Waals surface area contributed by atoms with E-state index in [1.165, 1.54) is 17.7 Å². The zero-order valence-electron chi connectivity index (χ0n) is 22.4. The molecule has 2 N–H and O–H groups in total. The van der Waals surface area contributed by atoms with Gasteiger partial charge in [-0.2, -0.15) is 0 Å². The standard InChI is InChI=1S/C29H38N2O6/c1-19(2)36-27(34)24-10-9-20(16-25(24)32)17-26(33)31-13-11-22(12-14-31)23-8-6-7-21(15-23)18-30-28(35)37-29(3,4)5/h6-10,15-16,19,22,32H,11-14,17-18H2,1-5H3,(H,30,35). The monoisotopic (exact) mass is 510 g/mol. The molecule has 0 aliphatic carbocycles. The lowest BCUT2D eigenvalue weighted by Crippen LogP contribution is -2.38. The van der Waals surface area contributed by atoms with E-state index in [0.29, 0.717) is 31.1 Å². The van der Waals surface area contributed by atoms with Gasteiger partial charge in [-0.25, -0.2) is 9.59 Å². The van der Waals surface area contributed by atoms with Crippen molar-refractivity contribution in [3.8, 4) is 5.75 Å². The molecule has 2 amide bonds. The number of carbonyl (C=O) groups is 3. The summed E-state index contributed by atoms with van der Waals surface area (Å²) >= 11 is 0. The summed E-state index contributed by atoms with van der Waals surface area (Å²) in [4.78, 5) is 38.7. The number of rotatable bonds is 7. The quantitative estimate of drug-likeness (QED) is 0.512. The Morgan fingerprint density at radius 1 is 1.05 bits per heavy atom. The molecule has 0 aromatic heterocycles. The Balaban J connectivity index is 1.51. The number of likely N-dealkylation sites (tertiary alicyclic amines) is 1. The number of hydrogen-bond acceptors (Lipinski definition) is 6. The Hall–Kier alpha value is -3.55. The van der Waals surface area contributed by atoms with Crippen LogP contribution in [0.25, 0.3) is 0 Å². The molecule has 37 heavy (non-hydrogen) atoms. The van der Waals surface area contributed by atoms with Gasteiger partial charge in [0.1, 0.15) is 16.9 Å². The predicted molar refractivity (Wildman–Crippen MR) is 140 cm³/mol.